The van der Waals surface area contributed by atoms with Crippen molar-refractivity contribution in [1.82, 2.24) is 5.32 Å². The van der Waals surface area contributed by atoms with E-state index < -0.39 is 23.7 Å². The second-order valence-electron chi connectivity index (χ2n) is 6.45. The fourth-order valence-electron chi connectivity index (χ4n) is 2.72. The molecule has 0 fully saturated rings. The molecule has 1 unspecified atom stereocenters. The number of halogens is 1. The third kappa shape index (κ3) is 4.00. The van der Waals surface area contributed by atoms with Crippen molar-refractivity contribution in [2.75, 3.05) is 0 Å². The Bertz CT molecular complexity index is 594. The number of carboxylic acid groups (broad SMARTS) is 1. The molecule has 6 heteroatoms. The standard InChI is InChI=1S/C16H20BrNO4/c1-16(2,3)22-15(21)18-13(14(19)20)11-7-5-9-4-6-10(17)8-12(9)11/h4,6,8,11,13H,5,7H2,1-3H3,(H,18,21)(H,19,20)/t11?,13-/m0/s1. The topological polar surface area (TPSA) is 75.6 Å². The van der Waals surface area contributed by atoms with Crippen LogP contribution < -0.4 is 5.32 Å². The molecule has 2 atom stereocenters. The van der Waals surface area contributed by atoms with Gasteiger partial charge in [-0.2, -0.15) is 0 Å². The van der Waals surface area contributed by atoms with Crippen LogP contribution in [0.25, 0.3) is 0 Å². The first-order valence-electron chi connectivity index (χ1n) is 7.18. The molecule has 0 bridgehead atoms. The zero-order chi connectivity index (χ0) is 16.5. The maximum Gasteiger partial charge on any atom is 0.408 e. The van der Waals surface area contributed by atoms with E-state index in [1.54, 1.807) is 20.8 Å². The van der Waals surface area contributed by atoms with Crippen molar-refractivity contribution < 1.29 is 19.4 Å². The van der Waals surface area contributed by atoms with E-state index in [0.717, 1.165) is 22.0 Å². The van der Waals surface area contributed by atoms with Crippen LogP contribution in [0.4, 0.5) is 4.79 Å². The normalized spacial score (nSPS) is 18.5. The predicted octanol–water partition coefficient (Wildman–Crippen LogP) is 3.46. The van der Waals surface area contributed by atoms with Crippen LogP contribution in [0.15, 0.2) is 22.7 Å². The number of alkyl carbamates (subject to hydrolysis) is 1. The van der Waals surface area contributed by atoms with E-state index in [9.17, 15) is 14.7 Å². The second-order valence-corrected chi connectivity index (χ2v) is 7.37. The van der Waals surface area contributed by atoms with E-state index in [1.165, 1.54) is 0 Å². The number of ether oxygens (including phenoxy) is 1. The lowest BCUT2D eigenvalue weighted by molar-refractivity contribution is -0.140. The van der Waals surface area contributed by atoms with Crippen LogP contribution in [-0.2, 0) is 16.0 Å². The van der Waals surface area contributed by atoms with E-state index in [-0.39, 0.29) is 5.92 Å². The summed E-state index contributed by atoms with van der Waals surface area (Å²) in [5.41, 5.74) is 1.44. The summed E-state index contributed by atoms with van der Waals surface area (Å²) < 4.78 is 6.07. The molecule has 5 nitrogen and oxygen atoms in total. The Morgan fingerprint density at radius 2 is 2.09 bits per heavy atom. The van der Waals surface area contributed by atoms with Gasteiger partial charge in [-0.15, -0.1) is 0 Å². The molecule has 0 saturated carbocycles. The van der Waals surface area contributed by atoms with E-state index in [2.05, 4.69) is 21.2 Å². The van der Waals surface area contributed by atoms with Crippen molar-refractivity contribution in [3.05, 3.63) is 33.8 Å². The molecule has 120 valence electrons. The molecule has 1 aliphatic rings. The number of amides is 1. The van der Waals surface area contributed by atoms with E-state index >= 15 is 0 Å². The number of rotatable bonds is 3. The highest BCUT2D eigenvalue weighted by Gasteiger charge is 2.36. The molecule has 1 aromatic rings. The minimum absolute atomic E-state index is 0.252. The van der Waals surface area contributed by atoms with Crippen LogP contribution in [0, 0.1) is 0 Å². The maximum absolute atomic E-state index is 11.9. The summed E-state index contributed by atoms with van der Waals surface area (Å²) >= 11 is 3.41. The zero-order valence-corrected chi connectivity index (χ0v) is 14.4. The molecule has 0 heterocycles. The number of carbonyl (C=O) groups is 2. The minimum atomic E-state index is -1.05. The van der Waals surface area contributed by atoms with Crippen LogP contribution in [-0.4, -0.2) is 28.8 Å². The summed E-state index contributed by atoms with van der Waals surface area (Å²) in [6.45, 7) is 5.22. The molecule has 2 N–H and O–H groups in total. The molecular weight excluding hydrogens is 350 g/mol. The molecule has 0 aliphatic heterocycles. The van der Waals surface area contributed by atoms with Gasteiger partial charge in [0.05, 0.1) is 0 Å². The van der Waals surface area contributed by atoms with Crippen molar-refractivity contribution in [2.45, 2.75) is 51.2 Å². The third-order valence-corrected chi connectivity index (χ3v) is 4.07. The lowest BCUT2D eigenvalue weighted by atomic mass is 9.93. The van der Waals surface area contributed by atoms with Gasteiger partial charge in [0.25, 0.3) is 0 Å². The smallest absolute Gasteiger partial charge is 0.408 e. The van der Waals surface area contributed by atoms with Crippen molar-refractivity contribution in [2.24, 2.45) is 0 Å². The lowest BCUT2D eigenvalue weighted by Gasteiger charge is -2.25. The summed E-state index contributed by atoms with van der Waals surface area (Å²) in [7, 11) is 0. The Morgan fingerprint density at radius 3 is 2.68 bits per heavy atom. The van der Waals surface area contributed by atoms with Crippen LogP contribution in [0.2, 0.25) is 0 Å². The first-order chi connectivity index (χ1) is 10.2. The molecule has 0 aromatic heterocycles. The van der Waals surface area contributed by atoms with Crippen LogP contribution in [0.1, 0.15) is 44.2 Å². The number of carboxylic acids is 1. The van der Waals surface area contributed by atoms with E-state index in [0.29, 0.717) is 6.42 Å². The molecule has 2 rings (SSSR count). The Morgan fingerprint density at radius 1 is 1.41 bits per heavy atom. The van der Waals surface area contributed by atoms with Gasteiger partial charge in [-0.05, 0) is 56.9 Å². The monoisotopic (exact) mass is 369 g/mol. The SMILES string of the molecule is CC(C)(C)OC(=O)N[C@H](C(=O)O)C1CCc2ccc(Br)cc21. The predicted molar refractivity (Wildman–Crippen MR) is 86.0 cm³/mol. The van der Waals surface area contributed by atoms with Crippen LogP contribution in [0.5, 0.6) is 0 Å². The van der Waals surface area contributed by atoms with E-state index in [4.69, 9.17) is 4.74 Å². The van der Waals surface area contributed by atoms with Gasteiger partial charge in [0, 0.05) is 10.4 Å². The second kappa shape index (κ2) is 6.28. The number of benzene rings is 1. The molecule has 1 aliphatic carbocycles. The number of aryl methyl sites for hydroxylation is 1. The Labute approximate surface area is 138 Å². The summed E-state index contributed by atoms with van der Waals surface area (Å²) in [5.74, 6) is -1.30. The van der Waals surface area contributed by atoms with Crippen molar-refractivity contribution in [3.8, 4) is 0 Å². The molecule has 1 amide bonds. The maximum atomic E-state index is 11.9. The summed E-state index contributed by atoms with van der Waals surface area (Å²) in [6, 6.07) is 4.87. The van der Waals surface area contributed by atoms with Gasteiger partial charge in [-0.25, -0.2) is 9.59 Å². The van der Waals surface area contributed by atoms with Gasteiger partial charge < -0.3 is 15.2 Å². The fraction of sp³-hybridized carbons (Fsp3) is 0.500. The molecular formula is C16H20BrNO4. The number of fused-ring (bicyclic) bond motifs is 1. The zero-order valence-electron chi connectivity index (χ0n) is 12.9. The summed E-state index contributed by atoms with van der Waals surface area (Å²) in [5, 5.41) is 12.0. The number of aliphatic carboxylic acids is 1. The largest absolute Gasteiger partial charge is 0.480 e. The molecule has 0 spiro atoms. The van der Waals surface area contributed by atoms with Crippen LogP contribution >= 0.6 is 15.9 Å². The summed E-state index contributed by atoms with van der Waals surface area (Å²) in [4.78, 5) is 23.5. The highest BCUT2D eigenvalue weighted by atomic mass is 79.9. The Hall–Kier alpha value is -1.56. The number of carbonyl (C=O) groups excluding carboxylic acids is 1. The molecule has 1 aromatic carbocycles. The lowest BCUT2D eigenvalue weighted by Crippen LogP contribution is -2.46. The minimum Gasteiger partial charge on any atom is -0.480 e. The van der Waals surface area contributed by atoms with Gasteiger partial charge in [-0.3, -0.25) is 0 Å². The van der Waals surface area contributed by atoms with Gasteiger partial charge in [0.1, 0.15) is 11.6 Å². The third-order valence-electron chi connectivity index (χ3n) is 3.57. The molecule has 22 heavy (non-hydrogen) atoms. The first kappa shape index (κ1) is 16.8. The van der Waals surface area contributed by atoms with E-state index in [1.807, 2.05) is 18.2 Å². The highest BCUT2D eigenvalue weighted by molar-refractivity contribution is 9.10. The van der Waals surface area contributed by atoms with Gasteiger partial charge in [0.15, 0.2) is 0 Å². The van der Waals surface area contributed by atoms with Crippen molar-refractivity contribution in [1.29, 1.82) is 0 Å². The Balaban J connectivity index is 2.19. The number of hydrogen-bond donors (Lipinski definition) is 2. The summed E-state index contributed by atoms with van der Waals surface area (Å²) in [6.07, 6.45) is 0.800. The first-order valence-corrected chi connectivity index (χ1v) is 7.97. The van der Waals surface area contributed by atoms with Crippen molar-refractivity contribution >= 4 is 28.0 Å². The molecule has 0 saturated heterocycles. The highest BCUT2D eigenvalue weighted by Crippen LogP contribution is 2.37. The molecule has 0 radical (unpaired) electrons. The van der Waals surface area contributed by atoms with Gasteiger partial charge >= 0.3 is 12.1 Å². The van der Waals surface area contributed by atoms with Crippen LogP contribution in [0.3, 0.4) is 0 Å². The average molecular weight is 370 g/mol. The quantitative estimate of drug-likeness (QED) is 0.855. The van der Waals surface area contributed by atoms with Gasteiger partial charge in [-0.1, -0.05) is 22.0 Å². The fourth-order valence-corrected chi connectivity index (χ4v) is 3.10. The number of hydrogen-bond acceptors (Lipinski definition) is 3. The average Bonchev–Trinajstić information content (AvgIpc) is 2.76. The van der Waals surface area contributed by atoms with Gasteiger partial charge in [0.2, 0.25) is 0 Å². The Kier molecular flexibility index (Phi) is 4.80. The van der Waals surface area contributed by atoms with Crippen molar-refractivity contribution in [3.63, 3.8) is 0 Å². The number of nitrogens with one attached hydrogen (secondary N) is 1.